The number of carbonyl (C=O) groups is 1. The van der Waals surface area contributed by atoms with Gasteiger partial charge in [0.2, 0.25) is 0 Å². The molecule has 1 aromatic carbocycles. The monoisotopic (exact) mass is 399 g/mol. The highest BCUT2D eigenvalue weighted by atomic mass is 35.5. The summed E-state index contributed by atoms with van der Waals surface area (Å²) in [5.41, 5.74) is 0.679. The van der Waals surface area contributed by atoms with Crippen LogP contribution in [-0.4, -0.2) is 28.4 Å². The van der Waals surface area contributed by atoms with Gasteiger partial charge in [0.15, 0.2) is 5.78 Å². The Kier molecular flexibility index (Phi) is 5.04. The van der Waals surface area contributed by atoms with Gasteiger partial charge in [0.05, 0.1) is 5.69 Å². The van der Waals surface area contributed by atoms with Gasteiger partial charge in [0.1, 0.15) is 17.2 Å². The minimum atomic E-state index is -0.260. The summed E-state index contributed by atoms with van der Waals surface area (Å²) < 4.78 is 1.60. The molecule has 1 saturated carbocycles. The summed E-state index contributed by atoms with van der Waals surface area (Å²) in [4.78, 5) is 33.8. The Bertz CT molecular complexity index is 965. The molecule has 6 heteroatoms. The number of Topliss-reactive ketones (excluding diaryl/α,β-unsaturated/α-hetero) is 1. The lowest BCUT2D eigenvalue weighted by atomic mass is 9.77. The molecule has 0 N–H and O–H groups in total. The molecule has 2 aliphatic rings. The van der Waals surface area contributed by atoms with Crippen molar-refractivity contribution in [1.29, 1.82) is 0 Å². The molecule has 2 aromatic rings. The van der Waals surface area contributed by atoms with Crippen LogP contribution in [0.1, 0.15) is 55.7 Å². The van der Waals surface area contributed by atoms with Crippen LogP contribution in [0.2, 0.25) is 5.02 Å². The zero-order chi connectivity index (χ0) is 20.0. The van der Waals surface area contributed by atoms with Gasteiger partial charge in [-0.2, -0.15) is 0 Å². The Morgan fingerprint density at radius 2 is 1.82 bits per heavy atom. The van der Waals surface area contributed by atoms with E-state index in [4.69, 9.17) is 16.6 Å². The van der Waals surface area contributed by atoms with Gasteiger partial charge < -0.3 is 4.90 Å². The summed E-state index contributed by atoms with van der Waals surface area (Å²) >= 11 is 6.03. The first-order valence-electron chi connectivity index (χ1n) is 10.1. The minimum Gasteiger partial charge on any atom is -0.355 e. The van der Waals surface area contributed by atoms with Crippen LogP contribution in [0.25, 0.3) is 5.69 Å². The van der Waals surface area contributed by atoms with Crippen molar-refractivity contribution < 1.29 is 4.79 Å². The SMILES string of the molecule is CC(C)Cc1nc2c(c(=O)n1-c1ccc(Cl)cc1)C(=O)C1CCCCC1N2C. The number of benzene rings is 1. The van der Waals surface area contributed by atoms with E-state index in [0.717, 1.165) is 25.7 Å². The molecule has 2 atom stereocenters. The van der Waals surface area contributed by atoms with E-state index >= 15 is 0 Å². The molecule has 0 bridgehead atoms. The molecule has 1 aliphatic heterocycles. The summed E-state index contributed by atoms with van der Waals surface area (Å²) in [6.07, 6.45) is 4.64. The Morgan fingerprint density at radius 3 is 2.50 bits per heavy atom. The lowest BCUT2D eigenvalue weighted by molar-refractivity contribution is 0.0852. The second kappa shape index (κ2) is 7.36. The highest BCUT2D eigenvalue weighted by molar-refractivity contribution is 6.30. The van der Waals surface area contributed by atoms with E-state index < -0.39 is 0 Å². The number of anilines is 1. The zero-order valence-corrected chi connectivity index (χ0v) is 17.4. The maximum atomic E-state index is 13.6. The molecule has 0 saturated heterocycles. The number of nitrogens with zero attached hydrogens (tertiary/aromatic N) is 3. The predicted octanol–water partition coefficient (Wildman–Crippen LogP) is 4.28. The van der Waals surface area contributed by atoms with Gasteiger partial charge in [-0.15, -0.1) is 0 Å². The molecule has 4 rings (SSSR count). The molecular formula is C22H26ClN3O2. The number of aromatic nitrogens is 2. The van der Waals surface area contributed by atoms with Gasteiger partial charge >= 0.3 is 0 Å². The van der Waals surface area contributed by atoms with Gasteiger partial charge in [-0.25, -0.2) is 4.98 Å². The van der Waals surface area contributed by atoms with Crippen molar-refractivity contribution in [3.05, 3.63) is 51.0 Å². The molecule has 2 unspecified atom stereocenters. The number of carbonyl (C=O) groups excluding carboxylic acids is 1. The number of ketones is 1. The second-order valence-corrected chi connectivity index (χ2v) is 8.81. The smallest absolute Gasteiger partial charge is 0.271 e. The lowest BCUT2D eigenvalue weighted by Gasteiger charge is -2.42. The Morgan fingerprint density at radius 1 is 1.14 bits per heavy atom. The molecular weight excluding hydrogens is 374 g/mol. The molecule has 148 valence electrons. The van der Waals surface area contributed by atoms with E-state index in [1.165, 1.54) is 0 Å². The third-order valence-electron chi connectivity index (χ3n) is 5.95. The fraction of sp³-hybridized carbons (Fsp3) is 0.500. The summed E-state index contributed by atoms with van der Waals surface area (Å²) in [5.74, 6) is 1.44. The first-order chi connectivity index (χ1) is 13.4. The van der Waals surface area contributed by atoms with Crippen molar-refractivity contribution in [2.45, 2.75) is 52.0 Å². The normalized spacial score (nSPS) is 21.6. The molecule has 2 heterocycles. The van der Waals surface area contributed by atoms with Crippen LogP contribution in [0, 0.1) is 11.8 Å². The maximum Gasteiger partial charge on any atom is 0.271 e. The molecule has 1 aromatic heterocycles. The van der Waals surface area contributed by atoms with Crippen LogP contribution in [0.4, 0.5) is 5.82 Å². The minimum absolute atomic E-state index is 0.0332. The molecule has 1 aliphatic carbocycles. The molecule has 1 fully saturated rings. The first-order valence-corrected chi connectivity index (χ1v) is 10.4. The zero-order valence-electron chi connectivity index (χ0n) is 16.6. The third kappa shape index (κ3) is 3.16. The van der Waals surface area contributed by atoms with Crippen LogP contribution >= 0.6 is 11.6 Å². The Balaban J connectivity index is 1.95. The quantitative estimate of drug-likeness (QED) is 0.773. The standard InChI is InChI=1S/C22H26ClN3O2/c1-13(2)12-18-24-21-19(20(27)16-6-4-5-7-17(16)25(21)3)22(28)26(18)15-10-8-14(23)9-11-15/h8-11,13,16-17H,4-7,12H2,1-3H3. The molecule has 5 nitrogen and oxygen atoms in total. The molecule has 0 amide bonds. The molecule has 0 radical (unpaired) electrons. The number of hydrogen-bond donors (Lipinski definition) is 0. The Hall–Kier alpha value is -2.14. The van der Waals surface area contributed by atoms with Crippen molar-refractivity contribution in [3.63, 3.8) is 0 Å². The number of halogens is 1. The van der Waals surface area contributed by atoms with Crippen LogP contribution in [0.15, 0.2) is 29.1 Å². The highest BCUT2D eigenvalue weighted by Gasteiger charge is 2.43. The fourth-order valence-electron chi connectivity index (χ4n) is 4.61. The maximum absolute atomic E-state index is 13.6. The van der Waals surface area contributed by atoms with Crippen molar-refractivity contribution in [3.8, 4) is 5.69 Å². The fourth-order valence-corrected chi connectivity index (χ4v) is 4.73. The van der Waals surface area contributed by atoms with Gasteiger partial charge in [-0.1, -0.05) is 38.3 Å². The van der Waals surface area contributed by atoms with E-state index in [2.05, 4.69) is 18.7 Å². The van der Waals surface area contributed by atoms with Crippen molar-refractivity contribution in [2.75, 3.05) is 11.9 Å². The van der Waals surface area contributed by atoms with E-state index in [-0.39, 0.29) is 28.9 Å². The molecule has 0 spiro atoms. The van der Waals surface area contributed by atoms with E-state index in [1.54, 1.807) is 16.7 Å². The second-order valence-electron chi connectivity index (χ2n) is 8.38. The average Bonchev–Trinajstić information content (AvgIpc) is 2.66. The first kappa shape index (κ1) is 19.2. The average molecular weight is 400 g/mol. The topological polar surface area (TPSA) is 55.2 Å². The largest absolute Gasteiger partial charge is 0.355 e. The summed E-state index contributed by atoms with van der Waals surface area (Å²) in [6.45, 7) is 4.20. The lowest BCUT2D eigenvalue weighted by Crippen LogP contribution is -2.51. The number of hydrogen-bond acceptors (Lipinski definition) is 4. The summed E-state index contributed by atoms with van der Waals surface area (Å²) in [7, 11) is 1.98. The summed E-state index contributed by atoms with van der Waals surface area (Å²) in [6, 6.07) is 7.28. The van der Waals surface area contributed by atoms with Gasteiger partial charge in [-0.3, -0.25) is 14.2 Å². The van der Waals surface area contributed by atoms with Crippen molar-refractivity contribution >= 4 is 23.2 Å². The molecule has 28 heavy (non-hydrogen) atoms. The van der Waals surface area contributed by atoms with Crippen LogP contribution < -0.4 is 10.5 Å². The van der Waals surface area contributed by atoms with Crippen LogP contribution in [0.3, 0.4) is 0 Å². The van der Waals surface area contributed by atoms with Crippen LogP contribution in [-0.2, 0) is 6.42 Å². The van der Waals surface area contributed by atoms with Crippen LogP contribution in [0.5, 0.6) is 0 Å². The van der Waals surface area contributed by atoms with E-state index in [0.29, 0.717) is 34.7 Å². The third-order valence-corrected chi connectivity index (χ3v) is 6.21. The van der Waals surface area contributed by atoms with Crippen molar-refractivity contribution in [2.24, 2.45) is 11.8 Å². The summed E-state index contributed by atoms with van der Waals surface area (Å²) in [5, 5.41) is 0.606. The highest BCUT2D eigenvalue weighted by Crippen LogP contribution is 2.38. The van der Waals surface area contributed by atoms with Crippen molar-refractivity contribution in [1.82, 2.24) is 9.55 Å². The predicted molar refractivity (Wildman–Crippen MR) is 112 cm³/mol. The van der Waals surface area contributed by atoms with Gasteiger partial charge in [0.25, 0.3) is 5.56 Å². The number of fused-ring (bicyclic) bond motifs is 2. The Labute approximate surface area is 170 Å². The number of rotatable bonds is 3. The van der Waals surface area contributed by atoms with E-state index in [9.17, 15) is 9.59 Å². The van der Waals surface area contributed by atoms with Gasteiger partial charge in [-0.05, 0) is 43.0 Å². The van der Waals surface area contributed by atoms with Gasteiger partial charge in [0, 0.05) is 30.5 Å². The van der Waals surface area contributed by atoms with E-state index in [1.807, 2.05) is 19.2 Å².